The molecule has 0 aliphatic heterocycles. The Morgan fingerprint density at radius 1 is 1.07 bits per heavy atom. The van der Waals surface area contributed by atoms with Gasteiger partial charge in [-0.1, -0.05) is 48.5 Å². The van der Waals surface area contributed by atoms with Crippen LogP contribution in [0.2, 0.25) is 0 Å². The number of aryl methyl sites for hydroxylation is 1. The van der Waals surface area contributed by atoms with E-state index < -0.39 is 10.0 Å². The standard InChI is InChI=1S/C21H22N4O2S/c1-16-21(15-25(24-16)14-17-7-3-2-4-8-17)28(26,27)23-12-11-18-13-22-20-10-6-5-9-19(18)20/h2-10,13,15,22-23H,11-12,14H2,1H3. The molecule has 0 aliphatic carbocycles. The number of aromatic nitrogens is 3. The minimum absolute atomic E-state index is 0.224. The maximum Gasteiger partial charge on any atom is 0.243 e. The van der Waals surface area contributed by atoms with E-state index in [1.807, 2.05) is 60.8 Å². The lowest BCUT2D eigenvalue weighted by Gasteiger charge is -2.05. The van der Waals surface area contributed by atoms with E-state index in [2.05, 4.69) is 14.8 Å². The first-order valence-electron chi connectivity index (χ1n) is 9.15. The first kappa shape index (κ1) is 18.5. The van der Waals surface area contributed by atoms with Crippen molar-refractivity contribution >= 4 is 20.9 Å². The van der Waals surface area contributed by atoms with Crippen molar-refractivity contribution in [2.45, 2.75) is 24.8 Å². The third kappa shape index (κ3) is 3.85. The minimum Gasteiger partial charge on any atom is -0.361 e. The van der Waals surface area contributed by atoms with Gasteiger partial charge in [-0.25, -0.2) is 13.1 Å². The average Bonchev–Trinajstić information content (AvgIpc) is 3.26. The zero-order valence-electron chi connectivity index (χ0n) is 15.6. The van der Waals surface area contributed by atoms with Gasteiger partial charge in [0.15, 0.2) is 0 Å². The molecular weight excluding hydrogens is 372 g/mol. The number of hydrogen-bond donors (Lipinski definition) is 2. The lowest BCUT2D eigenvalue weighted by molar-refractivity contribution is 0.581. The third-order valence-electron chi connectivity index (χ3n) is 4.74. The Balaban J connectivity index is 1.45. The summed E-state index contributed by atoms with van der Waals surface area (Å²) in [6, 6.07) is 17.8. The topological polar surface area (TPSA) is 79.8 Å². The number of nitrogens with zero attached hydrogens (tertiary/aromatic N) is 2. The summed E-state index contributed by atoms with van der Waals surface area (Å²) in [4.78, 5) is 3.44. The summed E-state index contributed by atoms with van der Waals surface area (Å²) >= 11 is 0. The molecule has 4 aromatic rings. The zero-order chi connectivity index (χ0) is 19.6. The molecule has 0 atom stereocenters. The van der Waals surface area contributed by atoms with Gasteiger partial charge < -0.3 is 4.98 Å². The van der Waals surface area contributed by atoms with Crippen LogP contribution in [0, 0.1) is 6.92 Å². The molecule has 0 fully saturated rings. The van der Waals surface area contributed by atoms with E-state index in [-0.39, 0.29) is 4.90 Å². The van der Waals surface area contributed by atoms with Gasteiger partial charge in [0.25, 0.3) is 0 Å². The molecule has 0 aliphatic rings. The maximum atomic E-state index is 12.7. The Morgan fingerprint density at radius 3 is 2.64 bits per heavy atom. The molecule has 7 heteroatoms. The highest BCUT2D eigenvalue weighted by molar-refractivity contribution is 7.89. The molecule has 144 valence electrons. The second kappa shape index (κ2) is 7.61. The van der Waals surface area contributed by atoms with Crippen molar-refractivity contribution in [2.24, 2.45) is 0 Å². The molecule has 0 amide bonds. The van der Waals surface area contributed by atoms with Gasteiger partial charge in [0.05, 0.1) is 12.2 Å². The van der Waals surface area contributed by atoms with Gasteiger partial charge in [0, 0.05) is 29.8 Å². The second-order valence-corrected chi connectivity index (χ2v) is 8.50. The van der Waals surface area contributed by atoms with Gasteiger partial charge in [-0.2, -0.15) is 5.10 Å². The van der Waals surface area contributed by atoms with Crippen molar-refractivity contribution in [1.29, 1.82) is 0 Å². The van der Waals surface area contributed by atoms with Crippen molar-refractivity contribution in [3.8, 4) is 0 Å². The molecule has 2 N–H and O–H groups in total. The molecule has 6 nitrogen and oxygen atoms in total. The second-order valence-electron chi connectivity index (χ2n) is 6.77. The normalized spacial score (nSPS) is 11.9. The lowest BCUT2D eigenvalue weighted by atomic mass is 10.1. The molecule has 0 unspecified atom stereocenters. The smallest absolute Gasteiger partial charge is 0.243 e. The van der Waals surface area contributed by atoms with E-state index >= 15 is 0 Å². The fourth-order valence-corrected chi connectivity index (χ4v) is 4.57. The van der Waals surface area contributed by atoms with Crippen molar-refractivity contribution in [3.63, 3.8) is 0 Å². The number of benzene rings is 2. The van der Waals surface area contributed by atoms with Gasteiger partial charge in [0.1, 0.15) is 4.90 Å². The largest absolute Gasteiger partial charge is 0.361 e. The summed E-state index contributed by atoms with van der Waals surface area (Å²) in [6.45, 7) is 2.58. The summed E-state index contributed by atoms with van der Waals surface area (Å²) in [5.41, 5.74) is 3.71. The zero-order valence-corrected chi connectivity index (χ0v) is 16.4. The van der Waals surface area contributed by atoms with E-state index in [1.165, 1.54) is 0 Å². The molecule has 28 heavy (non-hydrogen) atoms. The van der Waals surface area contributed by atoms with Crippen LogP contribution in [0.15, 0.2) is 71.9 Å². The lowest BCUT2D eigenvalue weighted by Crippen LogP contribution is -2.26. The van der Waals surface area contributed by atoms with Crippen LogP contribution in [0.25, 0.3) is 10.9 Å². The van der Waals surface area contributed by atoms with E-state index in [0.29, 0.717) is 25.2 Å². The van der Waals surface area contributed by atoms with Crippen LogP contribution in [0.5, 0.6) is 0 Å². The van der Waals surface area contributed by atoms with Crippen LogP contribution in [0.4, 0.5) is 0 Å². The molecule has 0 saturated heterocycles. The van der Waals surface area contributed by atoms with E-state index in [4.69, 9.17) is 0 Å². The van der Waals surface area contributed by atoms with E-state index in [1.54, 1.807) is 17.8 Å². The van der Waals surface area contributed by atoms with Gasteiger partial charge in [0.2, 0.25) is 10.0 Å². The van der Waals surface area contributed by atoms with Crippen molar-refractivity contribution in [3.05, 3.63) is 83.8 Å². The number of hydrogen-bond acceptors (Lipinski definition) is 3. The SMILES string of the molecule is Cc1nn(Cc2ccccc2)cc1S(=O)(=O)NCCc1c[nH]c2ccccc12. The number of nitrogens with one attached hydrogen (secondary N) is 2. The molecule has 2 aromatic carbocycles. The highest BCUT2D eigenvalue weighted by Crippen LogP contribution is 2.18. The molecule has 0 radical (unpaired) electrons. The van der Waals surface area contributed by atoms with E-state index in [9.17, 15) is 8.42 Å². The first-order valence-corrected chi connectivity index (χ1v) is 10.6. The van der Waals surface area contributed by atoms with Crippen LogP contribution in [-0.4, -0.2) is 29.7 Å². The number of para-hydroxylation sites is 1. The van der Waals surface area contributed by atoms with Gasteiger partial charge in [-0.3, -0.25) is 4.68 Å². The highest BCUT2D eigenvalue weighted by Gasteiger charge is 2.20. The fourth-order valence-electron chi connectivity index (χ4n) is 3.35. The predicted octanol–water partition coefficient (Wildman–Crippen LogP) is 3.24. The summed E-state index contributed by atoms with van der Waals surface area (Å²) in [7, 11) is -3.61. The quantitative estimate of drug-likeness (QED) is 0.505. The minimum atomic E-state index is -3.61. The molecule has 4 rings (SSSR count). The highest BCUT2D eigenvalue weighted by atomic mass is 32.2. The summed E-state index contributed by atoms with van der Waals surface area (Å²) < 4.78 is 29.8. The molecule has 2 aromatic heterocycles. The van der Waals surface area contributed by atoms with Gasteiger partial charge in [-0.05, 0) is 30.5 Å². The molecular formula is C21H22N4O2S. The van der Waals surface area contributed by atoms with Crippen molar-refractivity contribution in [2.75, 3.05) is 6.54 Å². The summed E-state index contributed by atoms with van der Waals surface area (Å²) in [5.74, 6) is 0. The Labute approximate surface area is 164 Å². The maximum absolute atomic E-state index is 12.7. The number of rotatable bonds is 7. The number of fused-ring (bicyclic) bond motifs is 1. The van der Waals surface area contributed by atoms with Gasteiger partial charge in [-0.15, -0.1) is 0 Å². The Bertz CT molecular complexity index is 1190. The number of aromatic amines is 1. The summed E-state index contributed by atoms with van der Waals surface area (Å²) in [5, 5.41) is 5.48. The Hall–Kier alpha value is -2.90. The van der Waals surface area contributed by atoms with Crippen LogP contribution >= 0.6 is 0 Å². The van der Waals surface area contributed by atoms with Crippen LogP contribution < -0.4 is 4.72 Å². The van der Waals surface area contributed by atoms with Gasteiger partial charge >= 0.3 is 0 Å². The Kier molecular flexibility index (Phi) is 5.02. The van der Waals surface area contributed by atoms with Crippen molar-refractivity contribution < 1.29 is 8.42 Å². The van der Waals surface area contributed by atoms with E-state index in [0.717, 1.165) is 22.0 Å². The molecule has 0 saturated carbocycles. The number of sulfonamides is 1. The third-order valence-corrected chi connectivity index (χ3v) is 6.30. The van der Waals surface area contributed by atoms with Crippen LogP contribution in [0.3, 0.4) is 0 Å². The molecule has 0 bridgehead atoms. The fraction of sp³-hybridized carbons (Fsp3) is 0.190. The monoisotopic (exact) mass is 394 g/mol. The van der Waals surface area contributed by atoms with Crippen LogP contribution in [-0.2, 0) is 23.0 Å². The van der Waals surface area contributed by atoms with Crippen molar-refractivity contribution in [1.82, 2.24) is 19.5 Å². The average molecular weight is 395 g/mol. The molecule has 0 spiro atoms. The number of H-pyrrole nitrogens is 1. The molecule has 2 heterocycles. The summed E-state index contributed by atoms with van der Waals surface area (Å²) in [6.07, 6.45) is 4.14. The first-order chi connectivity index (χ1) is 13.5. The van der Waals surface area contributed by atoms with Crippen LogP contribution in [0.1, 0.15) is 16.8 Å². The predicted molar refractivity (Wildman–Crippen MR) is 110 cm³/mol. The Morgan fingerprint density at radius 2 is 1.82 bits per heavy atom.